The zero-order valence-corrected chi connectivity index (χ0v) is 16.5. The molecule has 0 radical (unpaired) electrons. The van der Waals surface area contributed by atoms with E-state index >= 15 is 0 Å². The monoisotopic (exact) mass is 368 g/mol. The van der Waals surface area contributed by atoms with E-state index in [0.717, 1.165) is 28.3 Å². The first-order valence-electron chi connectivity index (χ1n) is 9.39. The van der Waals surface area contributed by atoms with Crippen molar-refractivity contribution < 1.29 is 13.9 Å². The molecule has 4 aromatic rings. The van der Waals surface area contributed by atoms with Gasteiger partial charge in [-0.25, -0.2) is 0 Å². The van der Waals surface area contributed by atoms with Crippen LogP contribution >= 0.6 is 0 Å². The Morgan fingerprint density at radius 3 is 1.82 bits per heavy atom. The van der Waals surface area contributed by atoms with Gasteiger partial charge in [-0.1, -0.05) is 24.3 Å². The van der Waals surface area contributed by atoms with Crippen molar-refractivity contribution in [1.82, 2.24) is 0 Å². The minimum Gasteiger partial charge on any atom is -0.490 e. The molecular formula is C25H24N2O+2. The van der Waals surface area contributed by atoms with Gasteiger partial charge in [0.1, 0.15) is 0 Å². The Morgan fingerprint density at radius 1 is 0.679 bits per heavy atom. The van der Waals surface area contributed by atoms with Gasteiger partial charge >= 0.3 is 0 Å². The van der Waals surface area contributed by atoms with Gasteiger partial charge in [-0.2, -0.15) is 9.13 Å². The Labute approximate surface area is 166 Å². The lowest BCUT2D eigenvalue weighted by Gasteiger charge is -2.07. The van der Waals surface area contributed by atoms with Gasteiger partial charge in [0, 0.05) is 48.0 Å². The average Bonchev–Trinajstić information content (AvgIpc) is 2.73. The second kappa shape index (κ2) is 7.65. The summed E-state index contributed by atoms with van der Waals surface area (Å²) < 4.78 is 9.91. The lowest BCUT2D eigenvalue weighted by atomic mass is 10.1. The van der Waals surface area contributed by atoms with E-state index in [2.05, 4.69) is 108 Å². The fourth-order valence-electron chi connectivity index (χ4n) is 3.39. The molecule has 0 aliphatic heterocycles. The summed E-state index contributed by atoms with van der Waals surface area (Å²) >= 11 is 0. The summed E-state index contributed by atoms with van der Waals surface area (Å²) in [6, 6.07) is 23.2. The van der Waals surface area contributed by atoms with Crippen molar-refractivity contribution in [2.45, 2.75) is 13.8 Å². The van der Waals surface area contributed by atoms with Crippen LogP contribution in [0.15, 0.2) is 91.5 Å². The quantitative estimate of drug-likeness (QED) is 0.484. The van der Waals surface area contributed by atoms with E-state index in [1.54, 1.807) is 7.11 Å². The van der Waals surface area contributed by atoms with Crippen LogP contribution < -0.4 is 13.9 Å². The highest BCUT2D eigenvalue weighted by atomic mass is 16.5. The minimum absolute atomic E-state index is 0.845. The molecule has 0 saturated heterocycles. The molecule has 0 aliphatic rings. The zero-order valence-electron chi connectivity index (χ0n) is 16.5. The van der Waals surface area contributed by atoms with Gasteiger partial charge in [-0.3, -0.25) is 0 Å². The molecule has 0 fully saturated rings. The number of aromatic nitrogens is 2. The van der Waals surface area contributed by atoms with Crippen LogP contribution in [0.4, 0.5) is 0 Å². The summed E-state index contributed by atoms with van der Waals surface area (Å²) in [5.41, 5.74) is 6.95. The van der Waals surface area contributed by atoms with Crippen molar-refractivity contribution in [3.8, 4) is 28.3 Å². The van der Waals surface area contributed by atoms with Crippen molar-refractivity contribution >= 4 is 0 Å². The average molecular weight is 368 g/mol. The second-order valence-corrected chi connectivity index (χ2v) is 7.01. The van der Waals surface area contributed by atoms with E-state index < -0.39 is 0 Å². The molecule has 0 saturated carbocycles. The molecule has 3 nitrogen and oxygen atoms in total. The lowest BCUT2D eigenvalue weighted by molar-refractivity contribution is -0.596. The Morgan fingerprint density at radius 2 is 1.25 bits per heavy atom. The predicted molar refractivity (Wildman–Crippen MR) is 111 cm³/mol. The molecule has 2 heterocycles. The Bertz CT molecular complexity index is 1120. The van der Waals surface area contributed by atoms with Crippen molar-refractivity contribution in [3.05, 3.63) is 103 Å². The molecule has 3 heteroatoms. The van der Waals surface area contributed by atoms with Crippen LogP contribution in [0.2, 0.25) is 0 Å². The van der Waals surface area contributed by atoms with E-state index in [1.807, 2.05) is 6.20 Å². The van der Waals surface area contributed by atoms with E-state index in [-0.39, 0.29) is 0 Å². The smallest absolute Gasteiger partial charge is 0.217 e. The van der Waals surface area contributed by atoms with Gasteiger partial charge in [0.25, 0.3) is 0 Å². The summed E-state index contributed by atoms with van der Waals surface area (Å²) in [7, 11) is 1.72. The number of pyridine rings is 2. The Balaban J connectivity index is 1.69. The van der Waals surface area contributed by atoms with Crippen molar-refractivity contribution in [1.29, 1.82) is 0 Å². The van der Waals surface area contributed by atoms with Gasteiger partial charge in [0.15, 0.2) is 24.3 Å². The molecule has 0 amide bonds. The fourth-order valence-corrected chi connectivity index (χ4v) is 3.39. The summed E-state index contributed by atoms with van der Waals surface area (Å²) in [6.07, 6.45) is 8.29. The molecule has 4 rings (SSSR count). The van der Waals surface area contributed by atoms with Gasteiger partial charge in [-0.15, -0.1) is 0 Å². The summed E-state index contributed by atoms with van der Waals surface area (Å²) in [4.78, 5) is 0. The molecule has 0 unspecified atom stereocenters. The Kier molecular flexibility index (Phi) is 4.90. The number of ether oxygens (including phenoxy) is 1. The third-order valence-corrected chi connectivity index (χ3v) is 4.88. The van der Waals surface area contributed by atoms with Crippen LogP contribution in [-0.2, 0) is 0 Å². The molecule has 0 spiro atoms. The summed E-state index contributed by atoms with van der Waals surface area (Å²) in [5.74, 6) is 0.845. The van der Waals surface area contributed by atoms with Crippen LogP contribution in [0.1, 0.15) is 11.1 Å². The van der Waals surface area contributed by atoms with E-state index in [1.165, 1.54) is 11.1 Å². The normalized spacial score (nSPS) is 10.7. The number of rotatable bonds is 4. The minimum atomic E-state index is 0.845. The summed E-state index contributed by atoms with van der Waals surface area (Å²) in [6.45, 7) is 4.21. The van der Waals surface area contributed by atoms with Crippen LogP contribution in [-0.4, -0.2) is 7.11 Å². The van der Waals surface area contributed by atoms with Gasteiger partial charge < -0.3 is 4.74 Å². The largest absolute Gasteiger partial charge is 0.490 e. The zero-order chi connectivity index (χ0) is 19.5. The third-order valence-electron chi connectivity index (χ3n) is 4.88. The molecule has 0 aliphatic carbocycles. The van der Waals surface area contributed by atoms with Crippen molar-refractivity contribution in [2.24, 2.45) is 0 Å². The van der Waals surface area contributed by atoms with Crippen molar-refractivity contribution in [2.75, 3.05) is 7.11 Å². The highest BCUT2D eigenvalue weighted by Crippen LogP contribution is 2.28. The maximum atomic E-state index is 5.70. The highest BCUT2D eigenvalue weighted by Gasteiger charge is 2.15. The fraction of sp³-hybridized carbons (Fsp3) is 0.120. The van der Waals surface area contributed by atoms with Crippen LogP contribution in [0.5, 0.6) is 5.75 Å². The molecule has 2 aromatic heterocycles. The van der Waals surface area contributed by atoms with Gasteiger partial charge in [-0.05, 0) is 30.5 Å². The number of hydrogen-bond acceptors (Lipinski definition) is 1. The first kappa shape index (κ1) is 17.9. The number of hydrogen-bond donors (Lipinski definition) is 0. The van der Waals surface area contributed by atoms with Crippen LogP contribution in [0, 0.1) is 13.8 Å². The van der Waals surface area contributed by atoms with Gasteiger partial charge in [0.2, 0.25) is 17.6 Å². The molecule has 2 aromatic carbocycles. The number of methoxy groups -OCH3 is 1. The first-order valence-corrected chi connectivity index (χ1v) is 9.39. The predicted octanol–water partition coefficient (Wildman–Crippen LogP) is 4.53. The van der Waals surface area contributed by atoms with Gasteiger partial charge in [0.05, 0.1) is 7.11 Å². The molecule has 28 heavy (non-hydrogen) atoms. The highest BCUT2D eigenvalue weighted by molar-refractivity contribution is 5.68. The lowest BCUT2D eigenvalue weighted by Crippen LogP contribution is -2.30. The molecule has 0 bridgehead atoms. The number of aryl methyl sites for hydroxylation is 2. The maximum absolute atomic E-state index is 5.70. The first-order chi connectivity index (χ1) is 13.6. The number of nitrogens with zero attached hydrogens (tertiary/aromatic N) is 2. The standard InChI is InChI=1S/C25H24N2O/c1-19-6-4-8-22(16-19)26-13-10-21(11-14-26)24-12-15-27(18-25(24)28-3)23-9-5-7-20(2)17-23/h4-18H,1-3H3/q+2. The van der Waals surface area contributed by atoms with E-state index in [9.17, 15) is 0 Å². The molecule has 0 N–H and O–H groups in total. The van der Waals surface area contributed by atoms with Crippen LogP contribution in [0.25, 0.3) is 22.5 Å². The molecular weight excluding hydrogens is 344 g/mol. The second-order valence-electron chi connectivity index (χ2n) is 7.01. The molecule has 0 atom stereocenters. The SMILES string of the molecule is COc1c[n+](-c2cccc(C)c2)ccc1-c1cc[n+](-c2cccc(C)c2)cc1. The Hall–Kier alpha value is -3.46. The maximum Gasteiger partial charge on any atom is 0.217 e. The molecule has 138 valence electrons. The topological polar surface area (TPSA) is 17.0 Å². The van der Waals surface area contributed by atoms with Crippen LogP contribution in [0.3, 0.4) is 0 Å². The van der Waals surface area contributed by atoms with E-state index in [0.29, 0.717) is 0 Å². The third kappa shape index (κ3) is 3.65. The number of benzene rings is 2. The van der Waals surface area contributed by atoms with Crippen molar-refractivity contribution in [3.63, 3.8) is 0 Å². The summed E-state index contributed by atoms with van der Waals surface area (Å²) in [5, 5.41) is 0. The van der Waals surface area contributed by atoms with E-state index in [4.69, 9.17) is 4.74 Å².